The number of aromatic nitrogens is 1. The number of hydrogen-bond donors (Lipinski definition) is 2. The van der Waals surface area contributed by atoms with Crippen LogP contribution >= 0.6 is 0 Å². The Morgan fingerprint density at radius 1 is 1.59 bits per heavy atom. The maximum atomic E-state index is 10.9. The number of ether oxygens (including phenoxy) is 1. The summed E-state index contributed by atoms with van der Waals surface area (Å²) in [5.41, 5.74) is 4.75. The number of hydrogen-bond acceptors (Lipinski definition) is 4. The first-order valence-corrected chi connectivity index (χ1v) is 5.59. The number of carbonyl (C=O) groups excluding carboxylic acids is 1. The van der Waals surface area contributed by atoms with E-state index in [0.29, 0.717) is 18.2 Å². The predicted molar refractivity (Wildman–Crippen MR) is 66.9 cm³/mol. The van der Waals surface area contributed by atoms with E-state index in [0.717, 1.165) is 0 Å². The molecular formula is C12H19N3O2. The van der Waals surface area contributed by atoms with Crippen LogP contribution in [0, 0.1) is 0 Å². The van der Waals surface area contributed by atoms with Crippen LogP contribution < -0.4 is 15.8 Å². The molecule has 0 unspecified atom stereocenters. The lowest BCUT2D eigenvalue weighted by atomic mass is 10.0. The molecule has 0 aliphatic carbocycles. The summed E-state index contributed by atoms with van der Waals surface area (Å²) in [6.07, 6.45) is 1.90. The summed E-state index contributed by atoms with van der Waals surface area (Å²) in [5.74, 6) is 0.949. The molecule has 0 saturated heterocycles. The van der Waals surface area contributed by atoms with Gasteiger partial charge in [0.05, 0.1) is 6.61 Å². The Morgan fingerprint density at radius 3 is 2.88 bits per heavy atom. The number of nitrogens with zero attached hydrogens (tertiary/aromatic N) is 1. The van der Waals surface area contributed by atoms with Gasteiger partial charge in [-0.15, -0.1) is 0 Å². The molecule has 0 atom stereocenters. The summed E-state index contributed by atoms with van der Waals surface area (Å²) < 4.78 is 5.45. The quantitative estimate of drug-likeness (QED) is 0.787. The Labute approximate surface area is 101 Å². The van der Waals surface area contributed by atoms with Crippen molar-refractivity contribution in [1.29, 1.82) is 0 Å². The van der Waals surface area contributed by atoms with Gasteiger partial charge in [0.15, 0.2) is 11.6 Å². The number of anilines is 1. The van der Waals surface area contributed by atoms with Gasteiger partial charge in [0.25, 0.3) is 0 Å². The first-order valence-electron chi connectivity index (χ1n) is 5.59. The first-order chi connectivity index (χ1) is 7.94. The monoisotopic (exact) mass is 237 g/mol. The van der Waals surface area contributed by atoms with Gasteiger partial charge in [-0.2, -0.15) is 0 Å². The van der Waals surface area contributed by atoms with Crippen molar-refractivity contribution in [2.75, 3.05) is 11.9 Å². The van der Waals surface area contributed by atoms with Gasteiger partial charge in [-0.3, -0.25) is 4.79 Å². The maximum Gasteiger partial charge on any atom is 0.219 e. The van der Waals surface area contributed by atoms with Crippen molar-refractivity contribution >= 4 is 11.7 Å². The molecular weight excluding hydrogens is 218 g/mol. The Bertz CT molecular complexity index is 391. The highest BCUT2D eigenvalue weighted by molar-refractivity contribution is 5.75. The number of carbonyl (C=O) groups is 1. The number of rotatable bonds is 6. The molecule has 1 rings (SSSR count). The molecule has 0 aromatic carbocycles. The average molecular weight is 237 g/mol. The molecule has 0 bridgehead atoms. The summed E-state index contributed by atoms with van der Waals surface area (Å²) in [5, 5.41) is 3.17. The van der Waals surface area contributed by atoms with Crippen LogP contribution in [0.15, 0.2) is 18.3 Å². The van der Waals surface area contributed by atoms with Crippen LogP contribution in [0.3, 0.4) is 0 Å². The third-order valence-corrected chi connectivity index (χ3v) is 2.14. The minimum absolute atomic E-state index is 0.231. The molecule has 1 aromatic rings. The van der Waals surface area contributed by atoms with Crippen LogP contribution in [-0.4, -0.2) is 23.0 Å². The van der Waals surface area contributed by atoms with Gasteiger partial charge >= 0.3 is 0 Å². The molecule has 0 fully saturated rings. The molecule has 0 radical (unpaired) electrons. The van der Waals surface area contributed by atoms with Gasteiger partial charge < -0.3 is 15.8 Å². The molecule has 3 N–H and O–H groups in total. The lowest BCUT2D eigenvalue weighted by Gasteiger charge is -2.26. The zero-order valence-electron chi connectivity index (χ0n) is 10.5. The molecule has 94 valence electrons. The number of primary amides is 1. The van der Waals surface area contributed by atoms with E-state index >= 15 is 0 Å². The van der Waals surface area contributed by atoms with E-state index in [1.165, 1.54) is 0 Å². The van der Waals surface area contributed by atoms with Gasteiger partial charge in [-0.05, 0) is 32.9 Å². The van der Waals surface area contributed by atoms with Crippen molar-refractivity contribution in [2.45, 2.75) is 32.7 Å². The number of amides is 1. The second-order valence-corrected chi connectivity index (χ2v) is 4.44. The smallest absolute Gasteiger partial charge is 0.219 e. The van der Waals surface area contributed by atoms with E-state index in [4.69, 9.17) is 10.5 Å². The molecule has 0 saturated carbocycles. The van der Waals surface area contributed by atoms with E-state index in [1.807, 2.05) is 26.8 Å². The van der Waals surface area contributed by atoms with Crippen LogP contribution in [-0.2, 0) is 4.79 Å². The lowest BCUT2D eigenvalue weighted by Crippen LogP contribution is -2.36. The second kappa shape index (κ2) is 5.52. The highest BCUT2D eigenvalue weighted by Crippen LogP contribution is 2.25. The zero-order chi connectivity index (χ0) is 12.9. The molecule has 0 spiro atoms. The predicted octanol–water partition coefficient (Wildman–Crippen LogP) is 1.55. The third-order valence-electron chi connectivity index (χ3n) is 2.14. The Balaban J connectivity index is 2.82. The number of pyridine rings is 1. The highest BCUT2D eigenvalue weighted by Gasteiger charge is 2.22. The zero-order valence-corrected chi connectivity index (χ0v) is 10.5. The largest absolute Gasteiger partial charge is 0.490 e. The molecule has 5 heteroatoms. The van der Waals surface area contributed by atoms with Crippen molar-refractivity contribution in [1.82, 2.24) is 4.98 Å². The summed E-state index contributed by atoms with van der Waals surface area (Å²) in [4.78, 5) is 15.1. The van der Waals surface area contributed by atoms with Crippen molar-refractivity contribution in [3.63, 3.8) is 0 Å². The minimum atomic E-state index is -0.452. The fraction of sp³-hybridized carbons (Fsp3) is 0.500. The first kappa shape index (κ1) is 13.3. The summed E-state index contributed by atoms with van der Waals surface area (Å²) in [6, 6.07) is 3.64. The van der Waals surface area contributed by atoms with Crippen LogP contribution in [0.5, 0.6) is 5.75 Å². The summed E-state index contributed by atoms with van der Waals surface area (Å²) >= 11 is 0. The fourth-order valence-electron chi connectivity index (χ4n) is 1.56. The topological polar surface area (TPSA) is 77.2 Å². The van der Waals surface area contributed by atoms with Crippen molar-refractivity contribution < 1.29 is 9.53 Å². The molecule has 1 amide bonds. The molecule has 5 nitrogen and oxygen atoms in total. The highest BCUT2D eigenvalue weighted by atomic mass is 16.5. The van der Waals surface area contributed by atoms with E-state index in [1.54, 1.807) is 12.3 Å². The van der Waals surface area contributed by atoms with Gasteiger partial charge in [0.2, 0.25) is 5.91 Å². The van der Waals surface area contributed by atoms with Gasteiger partial charge in [-0.1, -0.05) is 0 Å². The molecule has 17 heavy (non-hydrogen) atoms. The second-order valence-electron chi connectivity index (χ2n) is 4.44. The van der Waals surface area contributed by atoms with Crippen molar-refractivity contribution in [2.24, 2.45) is 5.73 Å². The Morgan fingerprint density at radius 2 is 2.29 bits per heavy atom. The van der Waals surface area contributed by atoms with E-state index in [-0.39, 0.29) is 12.3 Å². The van der Waals surface area contributed by atoms with Gasteiger partial charge in [0.1, 0.15) is 0 Å². The summed E-state index contributed by atoms with van der Waals surface area (Å²) in [6.45, 7) is 6.26. The van der Waals surface area contributed by atoms with Crippen molar-refractivity contribution in [3.8, 4) is 5.75 Å². The number of nitrogens with two attached hydrogens (primary N) is 1. The molecule has 0 aliphatic heterocycles. The Hall–Kier alpha value is -1.78. The van der Waals surface area contributed by atoms with Gasteiger partial charge in [0, 0.05) is 18.2 Å². The fourth-order valence-corrected chi connectivity index (χ4v) is 1.56. The van der Waals surface area contributed by atoms with Crippen LogP contribution in [0.25, 0.3) is 0 Å². The van der Waals surface area contributed by atoms with E-state index < -0.39 is 5.54 Å². The minimum Gasteiger partial charge on any atom is -0.490 e. The summed E-state index contributed by atoms with van der Waals surface area (Å²) in [7, 11) is 0. The van der Waals surface area contributed by atoms with E-state index in [9.17, 15) is 4.79 Å². The molecule has 1 heterocycles. The van der Waals surface area contributed by atoms with Crippen LogP contribution in [0.4, 0.5) is 5.82 Å². The van der Waals surface area contributed by atoms with Crippen LogP contribution in [0.2, 0.25) is 0 Å². The molecule has 0 aliphatic rings. The Kier molecular flexibility index (Phi) is 4.31. The standard InChI is InChI=1S/C12H19N3O2/c1-4-17-9-6-5-7-14-11(9)15-12(2,3)8-10(13)16/h5-7H,4,8H2,1-3H3,(H2,13,16)(H,14,15). The lowest BCUT2D eigenvalue weighted by molar-refractivity contribution is -0.118. The van der Waals surface area contributed by atoms with E-state index in [2.05, 4.69) is 10.3 Å². The number of nitrogens with one attached hydrogen (secondary N) is 1. The van der Waals surface area contributed by atoms with Gasteiger partial charge in [-0.25, -0.2) is 4.98 Å². The normalized spacial score (nSPS) is 11.0. The van der Waals surface area contributed by atoms with Crippen LogP contribution in [0.1, 0.15) is 27.2 Å². The third kappa shape index (κ3) is 4.30. The van der Waals surface area contributed by atoms with Crippen molar-refractivity contribution in [3.05, 3.63) is 18.3 Å². The average Bonchev–Trinajstić information content (AvgIpc) is 2.18. The SMILES string of the molecule is CCOc1cccnc1NC(C)(C)CC(N)=O. The maximum absolute atomic E-state index is 10.9. The molecule has 1 aromatic heterocycles.